The molecule has 0 fully saturated rings. The maximum atomic E-state index is 12.1. The molecule has 1 heterocycles. The largest absolute Gasteiger partial charge is 0.356 e. The predicted molar refractivity (Wildman–Crippen MR) is 134 cm³/mol. The Balaban J connectivity index is 1.59. The molecule has 172 valence electrons. The standard InChI is InChI=1S/C28H39N3O/c1-5-23(6-2)28(32)29-19-11-7-8-14-27-30-25-12-9-10-13-26(25)31(27)20-22-15-17-24(18-16-22)21(3)4/h9-10,12-13,15-18,21,23H,5-8,11,14,19-20H2,1-4H3,(H,29,32). The second-order valence-electron chi connectivity index (χ2n) is 9.11. The lowest BCUT2D eigenvalue weighted by Gasteiger charge is -2.13. The number of carbonyl (C=O) groups excluding carboxylic acids is 1. The molecule has 0 saturated heterocycles. The molecule has 0 saturated carbocycles. The van der Waals surface area contributed by atoms with Crippen molar-refractivity contribution >= 4 is 16.9 Å². The highest BCUT2D eigenvalue weighted by Gasteiger charge is 2.13. The number of hydrogen-bond donors (Lipinski definition) is 1. The highest BCUT2D eigenvalue weighted by atomic mass is 16.1. The van der Waals surface area contributed by atoms with Crippen LogP contribution in [0, 0.1) is 5.92 Å². The maximum Gasteiger partial charge on any atom is 0.223 e. The summed E-state index contributed by atoms with van der Waals surface area (Å²) in [6, 6.07) is 17.4. The van der Waals surface area contributed by atoms with Crippen LogP contribution in [0.3, 0.4) is 0 Å². The number of rotatable bonds is 12. The number of nitrogens with zero attached hydrogens (tertiary/aromatic N) is 2. The van der Waals surface area contributed by atoms with E-state index in [-0.39, 0.29) is 11.8 Å². The molecule has 1 aromatic heterocycles. The Morgan fingerprint density at radius 3 is 2.38 bits per heavy atom. The summed E-state index contributed by atoms with van der Waals surface area (Å²) in [5, 5.41) is 3.10. The van der Waals surface area contributed by atoms with Crippen molar-refractivity contribution in [1.29, 1.82) is 0 Å². The molecule has 0 unspecified atom stereocenters. The summed E-state index contributed by atoms with van der Waals surface area (Å²) in [7, 11) is 0. The van der Waals surface area contributed by atoms with E-state index >= 15 is 0 Å². The van der Waals surface area contributed by atoms with Gasteiger partial charge in [-0.2, -0.15) is 0 Å². The number of hydrogen-bond acceptors (Lipinski definition) is 2. The number of amides is 1. The number of fused-ring (bicyclic) bond motifs is 1. The Labute approximate surface area is 193 Å². The van der Waals surface area contributed by atoms with Crippen molar-refractivity contribution in [3.8, 4) is 0 Å². The fraction of sp³-hybridized carbons (Fsp3) is 0.500. The average Bonchev–Trinajstić information content (AvgIpc) is 3.14. The third-order valence-corrected chi connectivity index (χ3v) is 6.45. The van der Waals surface area contributed by atoms with Crippen molar-refractivity contribution in [3.05, 3.63) is 65.5 Å². The van der Waals surface area contributed by atoms with Gasteiger partial charge in [-0.1, -0.05) is 70.5 Å². The number of aryl methyl sites for hydroxylation is 1. The predicted octanol–water partition coefficient (Wildman–Crippen LogP) is 6.47. The quantitative estimate of drug-likeness (QED) is 0.333. The summed E-state index contributed by atoms with van der Waals surface area (Å²) in [5.74, 6) is 2.07. The van der Waals surface area contributed by atoms with Gasteiger partial charge in [0.15, 0.2) is 0 Å². The van der Waals surface area contributed by atoms with Gasteiger partial charge >= 0.3 is 0 Å². The molecule has 0 bridgehead atoms. The van der Waals surface area contributed by atoms with Crippen LogP contribution in [-0.4, -0.2) is 22.0 Å². The molecular weight excluding hydrogens is 394 g/mol. The maximum absolute atomic E-state index is 12.1. The van der Waals surface area contributed by atoms with Gasteiger partial charge < -0.3 is 9.88 Å². The van der Waals surface area contributed by atoms with Crippen LogP contribution in [0.5, 0.6) is 0 Å². The lowest BCUT2D eigenvalue weighted by atomic mass is 10.0. The Morgan fingerprint density at radius 1 is 0.969 bits per heavy atom. The molecule has 0 spiro atoms. The number of benzene rings is 2. The summed E-state index contributed by atoms with van der Waals surface area (Å²) < 4.78 is 2.37. The molecule has 4 heteroatoms. The first kappa shape index (κ1) is 24.0. The summed E-state index contributed by atoms with van der Waals surface area (Å²) in [4.78, 5) is 17.1. The topological polar surface area (TPSA) is 46.9 Å². The zero-order chi connectivity index (χ0) is 22.9. The minimum absolute atomic E-state index is 0.157. The molecule has 4 nitrogen and oxygen atoms in total. The number of carbonyl (C=O) groups is 1. The lowest BCUT2D eigenvalue weighted by Crippen LogP contribution is -2.30. The van der Waals surface area contributed by atoms with Crippen LogP contribution in [0.25, 0.3) is 11.0 Å². The molecule has 0 atom stereocenters. The van der Waals surface area contributed by atoms with E-state index in [1.807, 2.05) is 0 Å². The first-order valence-corrected chi connectivity index (χ1v) is 12.3. The minimum Gasteiger partial charge on any atom is -0.356 e. The van der Waals surface area contributed by atoms with Gasteiger partial charge in [-0.25, -0.2) is 4.98 Å². The Bertz CT molecular complexity index is 984. The molecule has 1 amide bonds. The normalized spacial score (nSPS) is 11.6. The summed E-state index contributed by atoms with van der Waals surface area (Å²) >= 11 is 0. The number of para-hydroxylation sites is 2. The molecular formula is C28H39N3O. The van der Waals surface area contributed by atoms with Crippen molar-refractivity contribution in [2.24, 2.45) is 5.92 Å². The molecule has 3 aromatic rings. The van der Waals surface area contributed by atoms with Crippen LogP contribution in [0.1, 0.15) is 82.7 Å². The molecule has 2 aromatic carbocycles. The first-order chi connectivity index (χ1) is 15.5. The third-order valence-electron chi connectivity index (χ3n) is 6.45. The van der Waals surface area contributed by atoms with E-state index in [4.69, 9.17) is 4.98 Å². The summed E-state index contributed by atoms with van der Waals surface area (Å²) in [6.07, 6.45) is 5.98. The van der Waals surface area contributed by atoms with Crippen LogP contribution in [-0.2, 0) is 17.8 Å². The zero-order valence-corrected chi connectivity index (χ0v) is 20.2. The molecule has 0 radical (unpaired) electrons. The molecule has 0 aliphatic heterocycles. The van der Waals surface area contributed by atoms with Gasteiger partial charge in [0.2, 0.25) is 5.91 Å². The van der Waals surface area contributed by atoms with Gasteiger partial charge in [0, 0.05) is 25.4 Å². The molecule has 3 rings (SSSR count). The summed E-state index contributed by atoms with van der Waals surface area (Å²) in [6.45, 7) is 10.2. The number of unbranched alkanes of at least 4 members (excludes halogenated alkanes) is 2. The number of imidazole rings is 1. The van der Waals surface area contributed by atoms with Crippen molar-refractivity contribution in [1.82, 2.24) is 14.9 Å². The van der Waals surface area contributed by atoms with Gasteiger partial charge in [0.1, 0.15) is 5.82 Å². The Morgan fingerprint density at radius 2 is 1.69 bits per heavy atom. The van der Waals surface area contributed by atoms with Gasteiger partial charge in [-0.3, -0.25) is 4.79 Å². The van der Waals surface area contributed by atoms with E-state index in [1.165, 1.54) is 16.6 Å². The molecule has 32 heavy (non-hydrogen) atoms. The fourth-order valence-electron chi connectivity index (χ4n) is 4.28. The third kappa shape index (κ3) is 6.21. The second kappa shape index (κ2) is 11.8. The molecule has 0 aliphatic rings. The fourth-order valence-corrected chi connectivity index (χ4v) is 4.28. The van der Waals surface area contributed by atoms with Gasteiger partial charge in [0.25, 0.3) is 0 Å². The Hall–Kier alpha value is -2.62. The van der Waals surface area contributed by atoms with E-state index < -0.39 is 0 Å². The van der Waals surface area contributed by atoms with Crippen LogP contribution in [0.2, 0.25) is 0 Å². The van der Waals surface area contributed by atoms with Crippen molar-refractivity contribution in [2.45, 2.75) is 78.7 Å². The number of aromatic nitrogens is 2. The molecule has 1 N–H and O–H groups in total. The van der Waals surface area contributed by atoms with E-state index in [0.29, 0.717) is 5.92 Å². The second-order valence-corrected chi connectivity index (χ2v) is 9.11. The highest BCUT2D eigenvalue weighted by Crippen LogP contribution is 2.21. The van der Waals surface area contributed by atoms with E-state index in [1.54, 1.807) is 0 Å². The summed E-state index contributed by atoms with van der Waals surface area (Å²) in [5.41, 5.74) is 4.95. The smallest absolute Gasteiger partial charge is 0.223 e. The average molecular weight is 434 g/mol. The van der Waals surface area contributed by atoms with Crippen LogP contribution in [0.15, 0.2) is 48.5 Å². The SMILES string of the molecule is CCC(CC)C(=O)NCCCCCc1nc2ccccc2n1Cc1ccc(C(C)C)cc1. The van der Waals surface area contributed by atoms with Crippen LogP contribution in [0.4, 0.5) is 0 Å². The van der Waals surface area contributed by atoms with E-state index in [0.717, 1.165) is 63.0 Å². The van der Waals surface area contributed by atoms with Gasteiger partial charge in [-0.05, 0) is 54.9 Å². The molecule has 0 aliphatic carbocycles. The van der Waals surface area contributed by atoms with Crippen molar-refractivity contribution < 1.29 is 4.79 Å². The minimum atomic E-state index is 0.157. The lowest BCUT2D eigenvalue weighted by molar-refractivity contribution is -0.125. The van der Waals surface area contributed by atoms with Crippen LogP contribution >= 0.6 is 0 Å². The van der Waals surface area contributed by atoms with Gasteiger partial charge in [-0.15, -0.1) is 0 Å². The first-order valence-electron chi connectivity index (χ1n) is 12.3. The number of nitrogens with one attached hydrogen (secondary N) is 1. The van der Waals surface area contributed by atoms with E-state index in [2.05, 4.69) is 86.1 Å². The van der Waals surface area contributed by atoms with Crippen LogP contribution < -0.4 is 5.32 Å². The van der Waals surface area contributed by atoms with Crippen molar-refractivity contribution in [2.75, 3.05) is 6.54 Å². The van der Waals surface area contributed by atoms with E-state index in [9.17, 15) is 4.79 Å². The van der Waals surface area contributed by atoms with Gasteiger partial charge in [0.05, 0.1) is 11.0 Å². The zero-order valence-electron chi connectivity index (χ0n) is 20.2. The highest BCUT2D eigenvalue weighted by molar-refractivity contribution is 5.78. The monoisotopic (exact) mass is 433 g/mol. The van der Waals surface area contributed by atoms with Crippen molar-refractivity contribution in [3.63, 3.8) is 0 Å². The Kier molecular flexibility index (Phi) is 8.90.